The van der Waals surface area contributed by atoms with E-state index in [1.807, 2.05) is 0 Å². The van der Waals surface area contributed by atoms with Crippen molar-refractivity contribution in [2.24, 2.45) is 0 Å². The standard InChI is InChI=1S/C10H8.C6H4N2O/c1-2-6-10-8-4-3-7-9(10)5-1;1-2-7-3-6-5(1)8-4-9-6/h1-8H;1-4H. The van der Waals surface area contributed by atoms with E-state index < -0.39 is 0 Å². The molecule has 4 aromatic rings. The van der Waals surface area contributed by atoms with Gasteiger partial charge in [-0.3, -0.25) is 4.98 Å². The monoisotopic (exact) mass is 248 g/mol. The molecule has 0 unspecified atom stereocenters. The minimum atomic E-state index is 0.734. The molecule has 0 atom stereocenters. The van der Waals surface area contributed by atoms with E-state index in [0.717, 1.165) is 11.1 Å². The molecule has 0 saturated carbocycles. The first-order valence-electron chi connectivity index (χ1n) is 6.00. The van der Waals surface area contributed by atoms with Gasteiger partial charge in [0.25, 0.3) is 0 Å². The normalized spacial score (nSPS) is 10.1. The summed E-state index contributed by atoms with van der Waals surface area (Å²) in [6, 6.07) is 18.5. The van der Waals surface area contributed by atoms with E-state index in [0.29, 0.717) is 0 Å². The van der Waals surface area contributed by atoms with Gasteiger partial charge in [-0.15, -0.1) is 0 Å². The molecule has 2 heterocycles. The Labute approximate surface area is 110 Å². The minimum absolute atomic E-state index is 0.734. The fourth-order valence-electron chi connectivity index (χ4n) is 1.84. The number of rotatable bonds is 0. The Hall–Kier alpha value is -2.68. The first-order valence-corrected chi connectivity index (χ1v) is 6.00. The SMILES string of the molecule is c1cc2ncoc2cn1.c1ccc2ccccc2c1. The van der Waals surface area contributed by atoms with Crippen LogP contribution in [-0.4, -0.2) is 9.97 Å². The highest BCUT2D eigenvalue weighted by atomic mass is 16.3. The zero-order valence-corrected chi connectivity index (χ0v) is 10.2. The average Bonchev–Trinajstić information content (AvgIpc) is 2.96. The molecule has 0 N–H and O–H groups in total. The van der Waals surface area contributed by atoms with Crippen molar-refractivity contribution in [2.75, 3.05) is 0 Å². The van der Waals surface area contributed by atoms with Crippen LogP contribution >= 0.6 is 0 Å². The van der Waals surface area contributed by atoms with Crippen molar-refractivity contribution in [3.63, 3.8) is 0 Å². The molecule has 3 nitrogen and oxygen atoms in total. The number of benzene rings is 2. The van der Waals surface area contributed by atoms with Crippen molar-refractivity contribution < 1.29 is 4.42 Å². The highest BCUT2D eigenvalue weighted by Gasteiger charge is 1.92. The topological polar surface area (TPSA) is 38.9 Å². The highest BCUT2D eigenvalue weighted by Crippen LogP contribution is 2.11. The summed E-state index contributed by atoms with van der Waals surface area (Å²) in [7, 11) is 0. The fraction of sp³-hybridized carbons (Fsp3) is 0. The Kier molecular flexibility index (Phi) is 3.19. The van der Waals surface area contributed by atoms with E-state index in [2.05, 4.69) is 58.5 Å². The molecule has 0 aliphatic heterocycles. The second kappa shape index (κ2) is 5.31. The maximum atomic E-state index is 4.94. The maximum Gasteiger partial charge on any atom is 0.182 e. The number of hydrogen-bond acceptors (Lipinski definition) is 3. The van der Waals surface area contributed by atoms with Crippen LogP contribution in [-0.2, 0) is 0 Å². The first kappa shape index (κ1) is 11.4. The van der Waals surface area contributed by atoms with Crippen molar-refractivity contribution >= 4 is 21.9 Å². The number of fused-ring (bicyclic) bond motifs is 2. The zero-order chi connectivity index (χ0) is 12.9. The summed E-state index contributed by atoms with van der Waals surface area (Å²) in [4.78, 5) is 7.76. The number of oxazole rings is 1. The molecule has 0 aliphatic carbocycles. The second-order valence-corrected chi connectivity index (χ2v) is 4.04. The van der Waals surface area contributed by atoms with Gasteiger partial charge in [-0.2, -0.15) is 0 Å². The Bertz CT molecular complexity index is 697. The average molecular weight is 248 g/mol. The molecule has 2 aromatic carbocycles. The van der Waals surface area contributed by atoms with Crippen LogP contribution in [0.3, 0.4) is 0 Å². The minimum Gasteiger partial charge on any atom is -0.442 e. The van der Waals surface area contributed by atoms with Gasteiger partial charge in [0, 0.05) is 6.20 Å². The van der Waals surface area contributed by atoms with Crippen LogP contribution in [0.1, 0.15) is 0 Å². The molecule has 0 aliphatic rings. The summed E-state index contributed by atoms with van der Waals surface area (Å²) in [6.45, 7) is 0. The van der Waals surface area contributed by atoms with E-state index in [1.54, 1.807) is 18.5 Å². The first-order chi connectivity index (χ1) is 9.43. The summed E-state index contributed by atoms with van der Waals surface area (Å²) < 4.78 is 4.94. The molecule has 0 fully saturated rings. The molecule has 19 heavy (non-hydrogen) atoms. The maximum absolute atomic E-state index is 4.94. The molecule has 0 bridgehead atoms. The molecule has 3 heteroatoms. The van der Waals surface area contributed by atoms with Gasteiger partial charge in [0.15, 0.2) is 12.0 Å². The van der Waals surface area contributed by atoms with Gasteiger partial charge in [-0.05, 0) is 16.8 Å². The number of hydrogen-bond donors (Lipinski definition) is 0. The molecule has 0 radical (unpaired) electrons. The van der Waals surface area contributed by atoms with Crippen LogP contribution < -0.4 is 0 Å². The highest BCUT2D eigenvalue weighted by molar-refractivity contribution is 5.82. The molecule has 92 valence electrons. The van der Waals surface area contributed by atoms with Gasteiger partial charge >= 0.3 is 0 Å². The summed E-state index contributed by atoms with van der Waals surface area (Å²) in [5, 5.41) is 2.62. The Morgan fingerprint density at radius 1 is 0.789 bits per heavy atom. The van der Waals surface area contributed by atoms with Crippen LogP contribution in [0.4, 0.5) is 0 Å². The summed E-state index contributed by atoms with van der Waals surface area (Å²) in [5.74, 6) is 0. The van der Waals surface area contributed by atoms with E-state index in [-0.39, 0.29) is 0 Å². The second-order valence-electron chi connectivity index (χ2n) is 4.04. The van der Waals surface area contributed by atoms with E-state index in [1.165, 1.54) is 17.2 Å². The van der Waals surface area contributed by atoms with E-state index in [4.69, 9.17) is 4.42 Å². The van der Waals surface area contributed by atoms with Crippen LogP contribution in [0.5, 0.6) is 0 Å². The third-order valence-corrected chi connectivity index (χ3v) is 2.79. The van der Waals surface area contributed by atoms with Crippen molar-refractivity contribution in [2.45, 2.75) is 0 Å². The predicted molar refractivity (Wildman–Crippen MR) is 75.8 cm³/mol. The lowest BCUT2D eigenvalue weighted by molar-refractivity contribution is 0.601. The van der Waals surface area contributed by atoms with Gasteiger partial charge in [0.05, 0.1) is 6.20 Å². The lowest BCUT2D eigenvalue weighted by Gasteiger charge is -1.92. The Morgan fingerprint density at radius 3 is 2.00 bits per heavy atom. The molecule has 0 spiro atoms. The quantitative estimate of drug-likeness (QED) is 0.471. The molecule has 0 amide bonds. The number of pyridine rings is 1. The van der Waals surface area contributed by atoms with Crippen molar-refractivity contribution in [3.8, 4) is 0 Å². The predicted octanol–water partition coefficient (Wildman–Crippen LogP) is 4.06. The van der Waals surface area contributed by atoms with Crippen LogP contribution in [0.2, 0.25) is 0 Å². The summed E-state index contributed by atoms with van der Waals surface area (Å²) in [5.41, 5.74) is 1.59. The largest absolute Gasteiger partial charge is 0.442 e. The smallest absolute Gasteiger partial charge is 0.182 e. The van der Waals surface area contributed by atoms with Gasteiger partial charge in [0.2, 0.25) is 0 Å². The Balaban J connectivity index is 0.000000117. The van der Waals surface area contributed by atoms with Crippen molar-refractivity contribution in [3.05, 3.63) is 73.4 Å². The molecular formula is C16H12N2O. The summed E-state index contributed by atoms with van der Waals surface area (Å²) >= 11 is 0. The van der Waals surface area contributed by atoms with Crippen LogP contribution in [0.25, 0.3) is 21.9 Å². The molecule has 0 saturated heterocycles. The van der Waals surface area contributed by atoms with Crippen LogP contribution in [0.15, 0.2) is 77.8 Å². The van der Waals surface area contributed by atoms with Gasteiger partial charge in [-0.1, -0.05) is 48.5 Å². The molecule has 2 aromatic heterocycles. The van der Waals surface area contributed by atoms with E-state index >= 15 is 0 Å². The third kappa shape index (κ3) is 2.60. The van der Waals surface area contributed by atoms with Crippen LogP contribution in [0, 0.1) is 0 Å². The number of aromatic nitrogens is 2. The van der Waals surface area contributed by atoms with Crippen molar-refractivity contribution in [1.82, 2.24) is 9.97 Å². The van der Waals surface area contributed by atoms with Gasteiger partial charge < -0.3 is 4.42 Å². The lowest BCUT2D eigenvalue weighted by Crippen LogP contribution is -1.67. The Morgan fingerprint density at radius 2 is 1.42 bits per heavy atom. The molecular weight excluding hydrogens is 236 g/mol. The van der Waals surface area contributed by atoms with Crippen molar-refractivity contribution in [1.29, 1.82) is 0 Å². The third-order valence-electron chi connectivity index (χ3n) is 2.79. The fourth-order valence-corrected chi connectivity index (χ4v) is 1.84. The van der Waals surface area contributed by atoms with E-state index in [9.17, 15) is 0 Å². The molecule has 4 rings (SSSR count). The zero-order valence-electron chi connectivity index (χ0n) is 10.2. The van der Waals surface area contributed by atoms with Gasteiger partial charge in [-0.25, -0.2) is 4.98 Å². The summed E-state index contributed by atoms with van der Waals surface area (Å²) in [6.07, 6.45) is 4.74. The number of nitrogens with zero attached hydrogens (tertiary/aromatic N) is 2. The lowest BCUT2D eigenvalue weighted by atomic mass is 10.1. The van der Waals surface area contributed by atoms with Gasteiger partial charge in [0.1, 0.15) is 5.52 Å².